The maximum atomic E-state index is 12.4. The van der Waals surface area contributed by atoms with E-state index in [0.717, 1.165) is 5.39 Å². The minimum Gasteiger partial charge on any atom is -0.450 e. The second-order valence-corrected chi connectivity index (χ2v) is 9.05. The number of fused-ring (bicyclic) bond motifs is 1. The van der Waals surface area contributed by atoms with Crippen molar-refractivity contribution in [3.05, 3.63) is 35.6 Å². The normalized spacial score (nSPS) is 21.3. The second-order valence-electron chi connectivity index (χ2n) is 6.87. The molecule has 2 heterocycles. The molecule has 0 unspecified atom stereocenters. The minimum atomic E-state index is -3.15. The molecule has 27 heavy (non-hydrogen) atoms. The number of carbonyl (C=O) groups excluding carboxylic acids is 2. The Morgan fingerprint density at radius 3 is 2.70 bits per heavy atom. The number of furan rings is 1. The molecule has 1 atom stereocenters. The van der Waals surface area contributed by atoms with Gasteiger partial charge in [0.15, 0.2) is 16.4 Å². The zero-order valence-corrected chi connectivity index (χ0v) is 15.9. The summed E-state index contributed by atoms with van der Waals surface area (Å²) in [5, 5.41) is 3.37. The smallest absolute Gasteiger partial charge is 0.375 e. The third kappa shape index (κ3) is 4.30. The topological polar surface area (TPSA) is 112 Å². The molecule has 3 rings (SSSR count). The van der Waals surface area contributed by atoms with Gasteiger partial charge in [-0.3, -0.25) is 4.79 Å². The Kier molecular flexibility index (Phi) is 5.25. The maximum Gasteiger partial charge on any atom is 0.375 e. The van der Waals surface area contributed by atoms with Crippen molar-refractivity contribution < 1.29 is 31.9 Å². The highest BCUT2D eigenvalue weighted by atomic mass is 32.2. The van der Waals surface area contributed by atoms with Gasteiger partial charge in [0.1, 0.15) is 5.58 Å². The first-order chi connectivity index (χ1) is 12.7. The van der Waals surface area contributed by atoms with E-state index in [-0.39, 0.29) is 23.9 Å². The van der Waals surface area contributed by atoms with Crippen LogP contribution in [0.25, 0.3) is 11.0 Å². The van der Waals surface area contributed by atoms with Gasteiger partial charge in [0, 0.05) is 18.1 Å². The fourth-order valence-corrected chi connectivity index (χ4v) is 5.32. The molecule has 1 aliphatic heterocycles. The molecule has 8 nitrogen and oxygen atoms in total. The molecular weight excluding hydrogens is 374 g/mol. The fourth-order valence-electron chi connectivity index (χ4n) is 3.23. The van der Waals surface area contributed by atoms with Crippen LogP contribution in [0.2, 0.25) is 0 Å². The molecule has 1 N–H and O–H groups in total. The van der Waals surface area contributed by atoms with E-state index >= 15 is 0 Å². The monoisotopic (exact) mass is 395 g/mol. The average molecular weight is 395 g/mol. The highest BCUT2D eigenvalue weighted by molar-refractivity contribution is 7.91. The number of esters is 1. The number of nitrogens with one attached hydrogen (secondary N) is 1. The second kappa shape index (κ2) is 7.32. The van der Waals surface area contributed by atoms with Gasteiger partial charge in [-0.15, -0.1) is 0 Å². The SMILES string of the molecule is COCc1c(C(=O)OCC(=O)N[C@]2(C)CCS(=O)(=O)C2)oc2ccccc12. The molecule has 1 aliphatic rings. The van der Waals surface area contributed by atoms with Gasteiger partial charge < -0.3 is 19.2 Å². The zero-order valence-electron chi connectivity index (χ0n) is 15.1. The van der Waals surface area contributed by atoms with Crippen LogP contribution in [0.1, 0.15) is 29.5 Å². The molecule has 1 aromatic heterocycles. The molecule has 1 amide bonds. The molecule has 0 spiro atoms. The molecule has 0 radical (unpaired) electrons. The Labute approximate surface area is 156 Å². The van der Waals surface area contributed by atoms with Crippen molar-refractivity contribution in [2.24, 2.45) is 0 Å². The highest BCUT2D eigenvalue weighted by Gasteiger charge is 2.39. The quantitative estimate of drug-likeness (QED) is 0.736. The number of sulfone groups is 1. The first-order valence-corrected chi connectivity index (χ1v) is 10.2. The van der Waals surface area contributed by atoms with Crippen LogP contribution in [0.15, 0.2) is 28.7 Å². The van der Waals surface area contributed by atoms with Gasteiger partial charge in [0.25, 0.3) is 5.91 Å². The predicted molar refractivity (Wildman–Crippen MR) is 97.0 cm³/mol. The number of benzene rings is 1. The van der Waals surface area contributed by atoms with Crippen LogP contribution in [0.3, 0.4) is 0 Å². The number of hydrogen-bond acceptors (Lipinski definition) is 7. The molecule has 2 aromatic rings. The third-order valence-corrected chi connectivity index (χ3v) is 6.35. The van der Waals surface area contributed by atoms with Crippen molar-refractivity contribution in [2.45, 2.75) is 25.5 Å². The summed E-state index contributed by atoms with van der Waals surface area (Å²) >= 11 is 0. The number of para-hydroxylation sites is 1. The molecule has 146 valence electrons. The molecular formula is C18H21NO7S. The summed E-state index contributed by atoms with van der Waals surface area (Å²) in [6.45, 7) is 1.29. The van der Waals surface area contributed by atoms with E-state index in [1.54, 1.807) is 25.1 Å². The van der Waals surface area contributed by atoms with Crippen LogP contribution in [0.5, 0.6) is 0 Å². The number of rotatable bonds is 6. The number of methoxy groups -OCH3 is 1. The largest absolute Gasteiger partial charge is 0.450 e. The van der Waals surface area contributed by atoms with E-state index in [9.17, 15) is 18.0 Å². The first kappa shape index (κ1) is 19.4. The Morgan fingerprint density at radius 1 is 1.30 bits per heavy atom. The Hall–Kier alpha value is -2.39. The van der Waals surface area contributed by atoms with Gasteiger partial charge in [-0.2, -0.15) is 0 Å². The van der Waals surface area contributed by atoms with E-state index in [2.05, 4.69) is 5.32 Å². The van der Waals surface area contributed by atoms with Gasteiger partial charge in [-0.05, 0) is 19.4 Å². The average Bonchev–Trinajstić information content (AvgIpc) is 3.10. The van der Waals surface area contributed by atoms with Crippen LogP contribution < -0.4 is 5.32 Å². The van der Waals surface area contributed by atoms with Gasteiger partial charge in [0.2, 0.25) is 5.76 Å². The van der Waals surface area contributed by atoms with E-state index in [1.165, 1.54) is 7.11 Å². The number of amides is 1. The van der Waals surface area contributed by atoms with Gasteiger partial charge in [0.05, 0.1) is 23.7 Å². The summed E-state index contributed by atoms with van der Waals surface area (Å²) in [7, 11) is -1.65. The van der Waals surface area contributed by atoms with E-state index in [0.29, 0.717) is 17.6 Å². The number of hydrogen-bond donors (Lipinski definition) is 1. The van der Waals surface area contributed by atoms with E-state index in [4.69, 9.17) is 13.9 Å². The molecule has 9 heteroatoms. The Morgan fingerprint density at radius 2 is 2.04 bits per heavy atom. The fraction of sp³-hybridized carbons (Fsp3) is 0.444. The van der Waals surface area contributed by atoms with Crippen LogP contribution >= 0.6 is 0 Å². The van der Waals surface area contributed by atoms with E-state index < -0.39 is 33.9 Å². The molecule has 1 aromatic carbocycles. The van der Waals surface area contributed by atoms with Crippen LogP contribution in [0.4, 0.5) is 0 Å². The van der Waals surface area contributed by atoms with Crippen LogP contribution in [-0.2, 0) is 30.7 Å². The predicted octanol–water partition coefficient (Wildman–Crippen LogP) is 1.43. The van der Waals surface area contributed by atoms with Gasteiger partial charge in [-0.1, -0.05) is 18.2 Å². The van der Waals surface area contributed by atoms with Crippen LogP contribution in [0, 0.1) is 0 Å². The minimum absolute atomic E-state index is 0.0134. The summed E-state index contributed by atoms with van der Waals surface area (Å²) in [4.78, 5) is 24.5. The molecule has 0 bridgehead atoms. The van der Waals surface area contributed by atoms with Crippen molar-refractivity contribution in [3.63, 3.8) is 0 Å². The van der Waals surface area contributed by atoms with Crippen LogP contribution in [-0.4, -0.2) is 51.1 Å². The standard InChI is InChI=1S/C18H21NO7S/c1-18(7-8-27(22,23)11-18)19-15(20)10-25-17(21)16-13(9-24-2)12-5-3-4-6-14(12)26-16/h3-6H,7-11H2,1-2H3,(H,19,20)/t18-/m1/s1. The van der Waals surface area contributed by atoms with Crippen molar-refractivity contribution in [1.29, 1.82) is 0 Å². The number of carbonyl (C=O) groups is 2. The lowest BCUT2D eigenvalue weighted by Crippen LogP contribution is -2.48. The lowest BCUT2D eigenvalue weighted by molar-refractivity contribution is -0.125. The van der Waals surface area contributed by atoms with Gasteiger partial charge in [-0.25, -0.2) is 13.2 Å². The highest BCUT2D eigenvalue weighted by Crippen LogP contribution is 2.27. The summed E-state index contributed by atoms with van der Waals surface area (Å²) in [6.07, 6.45) is 0.330. The Bertz CT molecular complexity index is 979. The zero-order chi connectivity index (χ0) is 19.7. The summed E-state index contributed by atoms with van der Waals surface area (Å²) in [5.74, 6) is -1.45. The summed E-state index contributed by atoms with van der Waals surface area (Å²) in [5.41, 5.74) is 0.222. The van der Waals surface area contributed by atoms with Crippen molar-refractivity contribution >= 4 is 32.7 Å². The molecule has 0 aliphatic carbocycles. The lowest BCUT2D eigenvalue weighted by Gasteiger charge is -2.23. The maximum absolute atomic E-state index is 12.4. The lowest BCUT2D eigenvalue weighted by atomic mass is 10.0. The summed E-state index contributed by atoms with van der Waals surface area (Å²) < 4.78 is 39.0. The first-order valence-electron chi connectivity index (χ1n) is 8.41. The van der Waals surface area contributed by atoms with Gasteiger partial charge >= 0.3 is 5.97 Å². The summed E-state index contributed by atoms with van der Waals surface area (Å²) in [6, 6.07) is 7.12. The molecule has 0 saturated carbocycles. The number of ether oxygens (including phenoxy) is 2. The van der Waals surface area contributed by atoms with Crippen molar-refractivity contribution in [1.82, 2.24) is 5.32 Å². The third-order valence-electron chi connectivity index (χ3n) is 4.45. The van der Waals surface area contributed by atoms with Crippen molar-refractivity contribution in [3.8, 4) is 0 Å². The van der Waals surface area contributed by atoms with Crippen molar-refractivity contribution in [2.75, 3.05) is 25.2 Å². The van der Waals surface area contributed by atoms with E-state index in [1.807, 2.05) is 6.07 Å². The molecule has 1 saturated heterocycles. The molecule has 1 fully saturated rings. The Balaban J connectivity index is 1.67.